The van der Waals surface area contributed by atoms with E-state index in [0.29, 0.717) is 10.8 Å². The highest BCUT2D eigenvalue weighted by atomic mass is 35.5. The largest absolute Gasteiger partial charge is 0.483 e. The third kappa shape index (κ3) is 4.50. The number of hydrogen-bond donors (Lipinski definition) is 1. The number of halogens is 1. The van der Waals surface area contributed by atoms with Crippen LogP contribution in [0.5, 0.6) is 5.75 Å². The van der Waals surface area contributed by atoms with Gasteiger partial charge in [0, 0.05) is 10.7 Å². The number of hydrogen-bond acceptors (Lipinski definition) is 2. The molecule has 0 aliphatic rings. The lowest BCUT2D eigenvalue weighted by molar-refractivity contribution is -0.118. The lowest BCUT2D eigenvalue weighted by Gasteiger charge is -2.10. The summed E-state index contributed by atoms with van der Waals surface area (Å²) in [5, 5.41) is 3.49. The van der Waals surface area contributed by atoms with E-state index in [1.807, 2.05) is 32.9 Å². The molecular formula is C17H18ClNO2. The van der Waals surface area contributed by atoms with Crippen molar-refractivity contribution in [1.82, 2.24) is 0 Å². The normalized spacial score (nSPS) is 10.3. The maximum Gasteiger partial charge on any atom is 0.262 e. The predicted octanol–water partition coefficient (Wildman–Crippen LogP) is 4.28. The molecule has 0 bridgehead atoms. The molecule has 0 heterocycles. The van der Waals surface area contributed by atoms with Gasteiger partial charge in [-0.1, -0.05) is 17.7 Å². The molecule has 0 radical (unpaired) electrons. The number of rotatable bonds is 4. The molecule has 2 rings (SSSR count). The molecule has 1 amide bonds. The van der Waals surface area contributed by atoms with Crippen LogP contribution in [0.2, 0.25) is 5.02 Å². The van der Waals surface area contributed by atoms with Crippen molar-refractivity contribution in [2.24, 2.45) is 0 Å². The standard InChI is InChI=1S/C17H18ClNO2/c1-11-6-12(2)8-15(7-11)19-17(20)10-21-16-5-4-14(18)9-13(16)3/h4-9H,10H2,1-3H3,(H,19,20). The van der Waals surface area contributed by atoms with Crippen molar-refractivity contribution in [1.29, 1.82) is 0 Å². The first-order valence-electron chi connectivity index (χ1n) is 6.71. The van der Waals surface area contributed by atoms with Crippen LogP contribution in [0.1, 0.15) is 16.7 Å². The third-order valence-electron chi connectivity index (χ3n) is 3.00. The Morgan fingerprint density at radius 3 is 2.38 bits per heavy atom. The highest BCUT2D eigenvalue weighted by molar-refractivity contribution is 6.30. The van der Waals surface area contributed by atoms with Crippen molar-refractivity contribution in [3.05, 3.63) is 58.1 Å². The summed E-state index contributed by atoms with van der Waals surface area (Å²) in [5.74, 6) is 0.476. The van der Waals surface area contributed by atoms with Crippen LogP contribution in [0, 0.1) is 20.8 Å². The van der Waals surface area contributed by atoms with Crippen LogP contribution in [0.3, 0.4) is 0 Å². The zero-order valence-electron chi connectivity index (χ0n) is 12.4. The van der Waals surface area contributed by atoms with E-state index >= 15 is 0 Å². The second-order valence-electron chi connectivity index (χ2n) is 5.12. The van der Waals surface area contributed by atoms with Gasteiger partial charge in [0.25, 0.3) is 5.91 Å². The molecule has 1 N–H and O–H groups in total. The van der Waals surface area contributed by atoms with Gasteiger partial charge in [-0.15, -0.1) is 0 Å². The van der Waals surface area contributed by atoms with Crippen LogP contribution in [0.25, 0.3) is 0 Å². The molecule has 0 atom stereocenters. The molecule has 0 aromatic heterocycles. The highest BCUT2D eigenvalue weighted by Crippen LogP contribution is 2.21. The number of nitrogens with one attached hydrogen (secondary N) is 1. The number of carbonyl (C=O) groups excluding carboxylic acids is 1. The van der Waals surface area contributed by atoms with Gasteiger partial charge >= 0.3 is 0 Å². The molecule has 110 valence electrons. The molecule has 0 saturated carbocycles. The van der Waals surface area contributed by atoms with Gasteiger partial charge in [0.05, 0.1) is 0 Å². The highest BCUT2D eigenvalue weighted by Gasteiger charge is 2.06. The summed E-state index contributed by atoms with van der Waals surface area (Å²) in [5.41, 5.74) is 3.91. The fraction of sp³-hybridized carbons (Fsp3) is 0.235. The van der Waals surface area contributed by atoms with E-state index in [4.69, 9.17) is 16.3 Å². The summed E-state index contributed by atoms with van der Waals surface area (Å²) >= 11 is 5.88. The van der Waals surface area contributed by atoms with Crippen molar-refractivity contribution < 1.29 is 9.53 Å². The second-order valence-corrected chi connectivity index (χ2v) is 5.56. The van der Waals surface area contributed by atoms with Gasteiger partial charge in [0.15, 0.2) is 6.61 Å². The predicted molar refractivity (Wildman–Crippen MR) is 86.2 cm³/mol. The summed E-state index contributed by atoms with van der Waals surface area (Å²) in [7, 11) is 0. The Hall–Kier alpha value is -2.00. The van der Waals surface area contributed by atoms with Crippen LogP contribution in [-0.2, 0) is 4.79 Å². The van der Waals surface area contributed by atoms with Crippen LogP contribution in [0.15, 0.2) is 36.4 Å². The minimum atomic E-state index is -0.186. The van der Waals surface area contributed by atoms with E-state index in [1.165, 1.54) is 0 Å². The maximum atomic E-state index is 11.9. The van der Waals surface area contributed by atoms with Crippen molar-refractivity contribution >= 4 is 23.2 Å². The number of ether oxygens (including phenoxy) is 1. The number of carbonyl (C=O) groups is 1. The number of benzene rings is 2. The zero-order chi connectivity index (χ0) is 15.4. The molecule has 0 aliphatic carbocycles. The van der Waals surface area contributed by atoms with Crippen molar-refractivity contribution in [3.63, 3.8) is 0 Å². The Bertz CT molecular complexity index is 648. The average Bonchev–Trinajstić information content (AvgIpc) is 2.36. The average molecular weight is 304 g/mol. The van der Waals surface area contributed by atoms with Gasteiger partial charge in [-0.3, -0.25) is 4.79 Å². The van der Waals surface area contributed by atoms with E-state index in [0.717, 1.165) is 22.4 Å². The summed E-state index contributed by atoms with van der Waals surface area (Å²) in [6, 6.07) is 11.2. The first-order chi connectivity index (χ1) is 9.94. The van der Waals surface area contributed by atoms with Gasteiger partial charge in [-0.05, 0) is 67.8 Å². The molecule has 0 unspecified atom stereocenters. The van der Waals surface area contributed by atoms with Gasteiger partial charge in [0.2, 0.25) is 0 Å². The van der Waals surface area contributed by atoms with Crippen LogP contribution < -0.4 is 10.1 Å². The van der Waals surface area contributed by atoms with Gasteiger partial charge in [0.1, 0.15) is 5.75 Å². The number of amides is 1. The van der Waals surface area contributed by atoms with E-state index < -0.39 is 0 Å². The lowest BCUT2D eigenvalue weighted by atomic mass is 10.1. The zero-order valence-corrected chi connectivity index (χ0v) is 13.1. The van der Waals surface area contributed by atoms with Crippen molar-refractivity contribution in [2.75, 3.05) is 11.9 Å². The quantitative estimate of drug-likeness (QED) is 0.915. The first-order valence-corrected chi connectivity index (χ1v) is 7.09. The summed E-state index contributed by atoms with van der Waals surface area (Å²) in [6.45, 7) is 5.85. The number of anilines is 1. The van der Waals surface area contributed by atoms with Crippen LogP contribution in [-0.4, -0.2) is 12.5 Å². The molecule has 21 heavy (non-hydrogen) atoms. The minimum absolute atomic E-state index is 0.0323. The lowest BCUT2D eigenvalue weighted by Crippen LogP contribution is -2.20. The maximum absolute atomic E-state index is 11.9. The minimum Gasteiger partial charge on any atom is -0.483 e. The third-order valence-corrected chi connectivity index (χ3v) is 3.24. The monoisotopic (exact) mass is 303 g/mol. The van der Waals surface area contributed by atoms with Crippen molar-refractivity contribution in [3.8, 4) is 5.75 Å². The Kier molecular flexibility index (Phi) is 4.86. The van der Waals surface area contributed by atoms with E-state index in [1.54, 1.807) is 18.2 Å². The molecule has 3 nitrogen and oxygen atoms in total. The fourth-order valence-corrected chi connectivity index (χ4v) is 2.39. The van der Waals surface area contributed by atoms with Gasteiger partial charge in [-0.2, -0.15) is 0 Å². The Morgan fingerprint density at radius 1 is 1.10 bits per heavy atom. The van der Waals surface area contributed by atoms with Gasteiger partial charge in [-0.25, -0.2) is 0 Å². The SMILES string of the molecule is Cc1cc(C)cc(NC(=O)COc2ccc(Cl)cc2C)c1. The Morgan fingerprint density at radius 2 is 1.76 bits per heavy atom. The number of aryl methyl sites for hydroxylation is 3. The summed E-state index contributed by atoms with van der Waals surface area (Å²) < 4.78 is 5.52. The topological polar surface area (TPSA) is 38.3 Å². The van der Waals surface area contributed by atoms with E-state index in [-0.39, 0.29) is 12.5 Å². The summed E-state index contributed by atoms with van der Waals surface area (Å²) in [6.07, 6.45) is 0. The van der Waals surface area contributed by atoms with Crippen molar-refractivity contribution in [2.45, 2.75) is 20.8 Å². The molecular weight excluding hydrogens is 286 g/mol. The van der Waals surface area contributed by atoms with E-state index in [9.17, 15) is 4.79 Å². The second kappa shape index (κ2) is 6.64. The summed E-state index contributed by atoms with van der Waals surface area (Å²) in [4.78, 5) is 11.9. The van der Waals surface area contributed by atoms with Crippen LogP contribution in [0.4, 0.5) is 5.69 Å². The van der Waals surface area contributed by atoms with Crippen LogP contribution >= 0.6 is 11.6 Å². The Balaban J connectivity index is 1.95. The molecule has 2 aromatic carbocycles. The first kappa shape index (κ1) is 15.4. The smallest absolute Gasteiger partial charge is 0.262 e. The molecule has 0 fully saturated rings. The van der Waals surface area contributed by atoms with Gasteiger partial charge < -0.3 is 10.1 Å². The molecule has 0 saturated heterocycles. The van der Waals surface area contributed by atoms with E-state index in [2.05, 4.69) is 11.4 Å². The fourth-order valence-electron chi connectivity index (χ4n) is 2.16. The Labute approximate surface area is 129 Å². The molecule has 0 aliphatic heterocycles. The molecule has 4 heteroatoms. The molecule has 2 aromatic rings. The molecule has 0 spiro atoms.